The van der Waals surface area contributed by atoms with Crippen molar-refractivity contribution >= 4 is 27.3 Å². The minimum Gasteiger partial charge on any atom is -0.322 e. The number of carbonyl (C=O) groups is 1. The number of sulfonamides is 1. The van der Waals surface area contributed by atoms with E-state index in [0.717, 1.165) is 18.2 Å². The molecule has 0 saturated heterocycles. The Morgan fingerprint density at radius 1 is 0.778 bits per heavy atom. The number of para-hydroxylation sites is 2. The molecule has 0 unspecified atom stereocenters. The van der Waals surface area contributed by atoms with E-state index < -0.39 is 33.3 Å². The van der Waals surface area contributed by atoms with Crippen molar-refractivity contribution in [2.75, 3.05) is 10.0 Å². The molecule has 0 aliphatic heterocycles. The molecule has 0 fully saturated rings. The zero-order chi connectivity index (χ0) is 19.4. The van der Waals surface area contributed by atoms with Gasteiger partial charge in [0.15, 0.2) is 0 Å². The Labute approximate surface area is 154 Å². The summed E-state index contributed by atoms with van der Waals surface area (Å²) in [5, 5.41) is 2.67. The van der Waals surface area contributed by atoms with Crippen LogP contribution in [0.2, 0.25) is 0 Å². The largest absolute Gasteiger partial charge is 0.322 e. The van der Waals surface area contributed by atoms with Crippen LogP contribution in [0.5, 0.6) is 0 Å². The highest BCUT2D eigenvalue weighted by atomic mass is 32.2. The molecule has 1 amide bonds. The van der Waals surface area contributed by atoms with Crippen molar-refractivity contribution in [3.8, 4) is 0 Å². The molecule has 0 heterocycles. The van der Waals surface area contributed by atoms with Gasteiger partial charge in [-0.05, 0) is 48.5 Å². The van der Waals surface area contributed by atoms with E-state index in [4.69, 9.17) is 0 Å². The summed E-state index contributed by atoms with van der Waals surface area (Å²) in [6, 6.07) is 16.8. The van der Waals surface area contributed by atoms with Crippen LogP contribution in [0.15, 0.2) is 77.7 Å². The molecule has 27 heavy (non-hydrogen) atoms. The van der Waals surface area contributed by atoms with Crippen molar-refractivity contribution < 1.29 is 22.0 Å². The van der Waals surface area contributed by atoms with Gasteiger partial charge in [0.25, 0.3) is 15.9 Å². The van der Waals surface area contributed by atoms with Crippen molar-refractivity contribution in [3.05, 3.63) is 90.0 Å². The lowest BCUT2D eigenvalue weighted by molar-refractivity contribution is 0.102. The normalized spacial score (nSPS) is 11.0. The number of rotatable bonds is 5. The predicted molar refractivity (Wildman–Crippen MR) is 98.0 cm³/mol. The summed E-state index contributed by atoms with van der Waals surface area (Å²) in [5.41, 5.74) is 0.0640. The highest BCUT2D eigenvalue weighted by Gasteiger charge is 2.19. The Morgan fingerprint density at radius 3 is 1.96 bits per heavy atom. The Morgan fingerprint density at radius 2 is 1.37 bits per heavy atom. The minimum atomic E-state index is -4.22. The van der Waals surface area contributed by atoms with E-state index in [-0.39, 0.29) is 10.5 Å². The first-order chi connectivity index (χ1) is 12.9. The summed E-state index contributed by atoms with van der Waals surface area (Å²) in [7, 11) is -4.22. The average Bonchev–Trinajstić information content (AvgIpc) is 2.66. The van der Waals surface area contributed by atoms with Gasteiger partial charge < -0.3 is 5.32 Å². The van der Waals surface area contributed by atoms with Crippen LogP contribution < -0.4 is 10.0 Å². The lowest BCUT2D eigenvalue weighted by Crippen LogP contribution is -2.16. The number of benzene rings is 3. The van der Waals surface area contributed by atoms with Crippen LogP contribution in [0.1, 0.15) is 10.4 Å². The fraction of sp³-hybridized carbons (Fsp3) is 0. The lowest BCUT2D eigenvalue weighted by atomic mass is 10.2. The Kier molecular flexibility index (Phi) is 5.18. The van der Waals surface area contributed by atoms with E-state index in [1.54, 1.807) is 30.3 Å². The van der Waals surface area contributed by atoms with Gasteiger partial charge in [0.1, 0.15) is 17.3 Å². The summed E-state index contributed by atoms with van der Waals surface area (Å²) in [4.78, 5) is 11.9. The second-order valence-electron chi connectivity index (χ2n) is 5.55. The Bertz CT molecular complexity index is 1050. The summed E-state index contributed by atoms with van der Waals surface area (Å²) < 4.78 is 53.9. The van der Waals surface area contributed by atoms with Gasteiger partial charge in [-0.15, -0.1) is 0 Å². The average molecular weight is 388 g/mol. The smallest absolute Gasteiger partial charge is 0.262 e. The standard InChI is InChI=1S/C19H14F2N2O3S/c20-16-7-4-8-17(21)18(16)23-27(25,26)15-11-9-13(10-12-15)19(24)22-14-5-2-1-3-6-14/h1-12,23H,(H,22,24). The minimum absolute atomic E-state index is 0.231. The number of anilines is 2. The van der Waals surface area contributed by atoms with E-state index in [0.29, 0.717) is 5.69 Å². The van der Waals surface area contributed by atoms with Crippen LogP contribution in [-0.4, -0.2) is 14.3 Å². The van der Waals surface area contributed by atoms with E-state index in [1.165, 1.54) is 24.3 Å². The van der Waals surface area contributed by atoms with Gasteiger partial charge in [0, 0.05) is 11.3 Å². The molecule has 0 bridgehead atoms. The van der Waals surface area contributed by atoms with Gasteiger partial charge in [0.05, 0.1) is 4.90 Å². The van der Waals surface area contributed by atoms with E-state index in [1.807, 2.05) is 4.72 Å². The number of amides is 1. The summed E-state index contributed by atoms with van der Waals surface area (Å²) in [6.45, 7) is 0. The second kappa shape index (κ2) is 7.55. The third-order valence-corrected chi connectivity index (χ3v) is 5.02. The van der Waals surface area contributed by atoms with Crippen LogP contribution in [-0.2, 0) is 10.0 Å². The molecule has 3 aromatic rings. The van der Waals surface area contributed by atoms with Crippen LogP contribution in [0.25, 0.3) is 0 Å². The molecular weight excluding hydrogens is 374 g/mol. The number of carbonyl (C=O) groups excluding carboxylic acids is 1. The third-order valence-electron chi connectivity index (χ3n) is 3.66. The molecule has 0 atom stereocenters. The highest BCUT2D eigenvalue weighted by molar-refractivity contribution is 7.92. The van der Waals surface area contributed by atoms with Crippen molar-refractivity contribution in [2.45, 2.75) is 4.90 Å². The van der Waals surface area contributed by atoms with Gasteiger partial charge in [-0.25, -0.2) is 17.2 Å². The van der Waals surface area contributed by atoms with Gasteiger partial charge in [-0.2, -0.15) is 0 Å². The number of halogens is 2. The van der Waals surface area contributed by atoms with Gasteiger partial charge >= 0.3 is 0 Å². The second-order valence-corrected chi connectivity index (χ2v) is 7.23. The lowest BCUT2D eigenvalue weighted by Gasteiger charge is -2.10. The summed E-state index contributed by atoms with van der Waals surface area (Å²) >= 11 is 0. The first-order valence-electron chi connectivity index (χ1n) is 7.80. The molecule has 3 rings (SSSR count). The highest BCUT2D eigenvalue weighted by Crippen LogP contribution is 2.22. The number of nitrogens with one attached hydrogen (secondary N) is 2. The number of hydrogen-bond acceptors (Lipinski definition) is 3. The molecule has 0 aromatic heterocycles. The quantitative estimate of drug-likeness (QED) is 0.693. The molecule has 0 aliphatic rings. The van der Waals surface area contributed by atoms with Crippen LogP contribution in [0.3, 0.4) is 0 Å². The SMILES string of the molecule is O=C(Nc1ccccc1)c1ccc(S(=O)(=O)Nc2c(F)cccc2F)cc1. The van der Waals surface area contributed by atoms with Crippen LogP contribution in [0, 0.1) is 11.6 Å². The van der Waals surface area contributed by atoms with E-state index in [2.05, 4.69) is 5.32 Å². The monoisotopic (exact) mass is 388 g/mol. The summed E-state index contributed by atoms with van der Waals surface area (Å²) in [5.74, 6) is -2.48. The molecule has 0 saturated carbocycles. The van der Waals surface area contributed by atoms with Gasteiger partial charge in [-0.3, -0.25) is 9.52 Å². The number of hydrogen-bond donors (Lipinski definition) is 2. The van der Waals surface area contributed by atoms with Crippen molar-refractivity contribution in [3.63, 3.8) is 0 Å². The molecule has 0 spiro atoms. The van der Waals surface area contributed by atoms with Gasteiger partial charge in [-0.1, -0.05) is 24.3 Å². The van der Waals surface area contributed by atoms with Crippen molar-refractivity contribution in [1.82, 2.24) is 0 Å². The molecule has 3 aromatic carbocycles. The maximum Gasteiger partial charge on any atom is 0.262 e. The molecule has 0 aliphatic carbocycles. The molecular formula is C19H14F2N2O3S. The fourth-order valence-corrected chi connectivity index (χ4v) is 3.37. The van der Waals surface area contributed by atoms with E-state index >= 15 is 0 Å². The Balaban J connectivity index is 1.79. The predicted octanol–water partition coefficient (Wildman–Crippen LogP) is 4.02. The molecule has 138 valence electrons. The zero-order valence-electron chi connectivity index (χ0n) is 13.8. The topological polar surface area (TPSA) is 75.3 Å². The maximum absolute atomic E-state index is 13.7. The molecule has 8 heteroatoms. The first kappa shape index (κ1) is 18.5. The molecule has 2 N–H and O–H groups in total. The Hall–Kier alpha value is -3.26. The summed E-state index contributed by atoms with van der Waals surface area (Å²) in [6.07, 6.45) is 0. The zero-order valence-corrected chi connectivity index (χ0v) is 14.6. The van der Waals surface area contributed by atoms with Crippen molar-refractivity contribution in [1.29, 1.82) is 0 Å². The third kappa shape index (κ3) is 4.29. The van der Waals surface area contributed by atoms with Gasteiger partial charge in [0.2, 0.25) is 0 Å². The fourth-order valence-electron chi connectivity index (χ4n) is 2.30. The van der Waals surface area contributed by atoms with Crippen LogP contribution >= 0.6 is 0 Å². The molecule has 0 radical (unpaired) electrons. The van der Waals surface area contributed by atoms with Crippen molar-refractivity contribution in [2.24, 2.45) is 0 Å². The maximum atomic E-state index is 13.7. The van der Waals surface area contributed by atoms with E-state index in [9.17, 15) is 22.0 Å². The first-order valence-corrected chi connectivity index (χ1v) is 9.28. The molecule has 5 nitrogen and oxygen atoms in total. The van der Waals surface area contributed by atoms with Crippen LogP contribution in [0.4, 0.5) is 20.2 Å².